The smallest absolute Gasteiger partial charge is 0.348 e. The van der Waals surface area contributed by atoms with Gasteiger partial charge in [-0.2, -0.15) is 0 Å². The lowest BCUT2D eigenvalue weighted by molar-refractivity contribution is 0.0703. The second-order valence-electron chi connectivity index (χ2n) is 6.03. The summed E-state index contributed by atoms with van der Waals surface area (Å²) in [6.07, 6.45) is 0. The third-order valence-corrected chi connectivity index (χ3v) is 6.26. The molecule has 0 amide bonds. The normalized spacial score (nSPS) is 12.0. The van der Waals surface area contributed by atoms with Crippen molar-refractivity contribution in [1.29, 1.82) is 0 Å². The van der Waals surface area contributed by atoms with Gasteiger partial charge in [-0.05, 0) is 44.4 Å². The topological polar surface area (TPSA) is 83.9 Å². The maximum atomic E-state index is 13.3. The summed E-state index contributed by atoms with van der Waals surface area (Å²) in [4.78, 5) is 11.4. The van der Waals surface area contributed by atoms with E-state index >= 15 is 0 Å². The van der Waals surface area contributed by atoms with Crippen molar-refractivity contribution < 1.29 is 23.1 Å². The minimum Gasteiger partial charge on any atom is -0.495 e. The molecule has 0 aliphatic carbocycles. The molecule has 24 heavy (non-hydrogen) atoms. The highest BCUT2D eigenvalue weighted by Gasteiger charge is 2.38. The van der Waals surface area contributed by atoms with Gasteiger partial charge in [0.25, 0.3) is 10.0 Å². The summed E-state index contributed by atoms with van der Waals surface area (Å²) in [5, 5.41) is 10.9. The number of carboxylic acids is 1. The molecule has 0 saturated heterocycles. The van der Waals surface area contributed by atoms with E-state index in [1.807, 2.05) is 0 Å². The van der Waals surface area contributed by atoms with Crippen LogP contribution in [-0.4, -0.2) is 32.1 Å². The molecular weight excluding hydrogens is 350 g/mol. The first-order valence-corrected chi connectivity index (χ1v) is 9.42. The number of anilines is 1. The van der Waals surface area contributed by atoms with E-state index in [0.29, 0.717) is 0 Å². The van der Waals surface area contributed by atoms with Crippen molar-refractivity contribution in [3.05, 3.63) is 40.6 Å². The molecule has 0 unspecified atom stereocenters. The minimum absolute atomic E-state index is 0.00929. The van der Waals surface area contributed by atoms with E-state index in [4.69, 9.17) is 4.74 Å². The van der Waals surface area contributed by atoms with Crippen LogP contribution < -0.4 is 9.04 Å². The maximum Gasteiger partial charge on any atom is 0.348 e. The fraction of sp³-hybridized carbons (Fsp3) is 0.312. The Morgan fingerprint density at radius 2 is 1.83 bits per heavy atom. The van der Waals surface area contributed by atoms with Gasteiger partial charge in [0.15, 0.2) is 0 Å². The summed E-state index contributed by atoms with van der Waals surface area (Å²) in [7, 11) is -2.64. The van der Waals surface area contributed by atoms with Crippen molar-refractivity contribution in [3.63, 3.8) is 0 Å². The summed E-state index contributed by atoms with van der Waals surface area (Å²) in [6, 6.07) is 7.78. The standard InChI is InChI=1S/C16H19NO5S2/c1-16(2,3)17(11-9-10-23-14(11)15(18)19)24(20,21)13-8-6-5-7-12(13)22-4/h5-10H,1-4H3,(H,18,19). The Kier molecular flexibility index (Phi) is 4.91. The highest BCUT2D eigenvalue weighted by atomic mass is 32.2. The highest BCUT2D eigenvalue weighted by Crippen LogP contribution is 2.38. The SMILES string of the molecule is COc1ccccc1S(=O)(=O)N(c1ccsc1C(=O)O)C(C)(C)C. The lowest BCUT2D eigenvalue weighted by atomic mass is 10.1. The first-order valence-electron chi connectivity index (χ1n) is 7.10. The van der Waals surface area contributed by atoms with E-state index in [1.165, 1.54) is 19.2 Å². The lowest BCUT2D eigenvalue weighted by Gasteiger charge is -2.36. The number of carboxylic acid groups (broad SMARTS) is 1. The van der Waals surface area contributed by atoms with Crippen LogP contribution in [0.5, 0.6) is 5.75 Å². The van der Waals surface area contributed by atoms with Crippen molar-refractivity contribution >= 4 is 33.0 Å². The summed E-state index contributed by atoms with van der Waals surface area (Å²) >= 11 is 0.986. The van der Waals surface area contributed by atoms with Gasteiger partial charge in [0, 0.05) is 5.54 Å². The maximum absolute atomic E-state index is 13.3. The van der Waals surface area contributed by atoms with Crippen LogP contribution in [-0.2, 0) is 10.0 Å². The number of benzene rings is 1. The number of sulfonamides is 1. The fourth-order valence-corrected chi connectivity index (χ4v) is 5.16. The van der Waals surface area contributed by atoms with E-state index in [-0.39, 0.29) is 21.2 Å². The van der Waals surface area contributed by atoms with Crippen LogP contribution in [0.25, 0.3) is 0 Å². The van der Waals surface area contributed by atoms with E-state index in [9.17, 15) is 18.3 Å². The van der Waals surface area contributed by atoms with Gasteiger partial charge in [0.05, 0.1) is 12.8 Å². The van der Waals surface area contributed by atoms with Crippen LogP contribution in [0.2, 0.25) is 0 Å². The van der Waals surface area contributed by atoms with Gasteiger partial charge in [-0.15, -0.1) is 11.3 Å². The zero-order valence-corrected chi connectivity index (χ0v) is 15.4. The summed E-state index contributed by atoms with van der Waals surface area (Å²) < 4.78 is 32.9. The fourth-order valence-electron chi connectivity index (χ4n) is 2.40. The van der Waals surface area contributed by atoms with E-state index in [1.54, 1.807) is 44.4 Å². The average molecular weight is 369 g/mol. The first-order chi connectivity index (χ1) is 11.1. The number of thiophene rings is 1. The Bertz CT molecular complexity index is 849. The molecule has 1 heterocycles. The Balaban J connectivity index is 2.73. The molecule has 8 heteroatoms. The molecule has 130 valence electrons. The predicted molar refractivity (Wildman–Crippen MR) is 93.7 cm³/mol. The Hall–Kier alpha value is -2.06. The van der Waals surface area contributed by atoms with E-state index < -0.39 is 21.5 Å². The second-order valence-corrected chi connectivity index (χ2v) is 8.70. The molecule has 1 N–H and O–H groups in total. The number of para-hydroxylation sites is 1. The molecule has 1 aromatic carbocycles. The number of methoxy groups -OCH3 is 1. The molecule has 0 atom stereocenters. The second kappa shape index (κ2) is 6.45. The minimum atomic E-state index is -4.03. The molecule has 0 radical (unpaired) electrons. The molecule has 0 bridgehead atoms. The molecule has 2 aromatic rings. The number of aromatic carboxylic acids is 1. The number of hydrogen-bond acceptors (Lipinski definition) is 5. The van der Waals surface area contributed by atoms with Gasteiger partial charge in [-0.1, -0.05) is 12.1 Å². The molecule has 1 aromatic heterocycles. The average Bonchev–Trinajstić information content (AvgIpc) is 2.94. The van der Waals surface area contributed by atoms with Gasteiger partial charge in [-0.25, -0.2) is 13.2 Å². The number of hydrogen-bond donors (Lipinski definition) is 1. The van der Waals surface area contributed by atoms with Crippen LogP contribution in [0.15, 0.2) is 40.6 Å². The molecule has 0 saturated carbocycles. The van der Waals surface area contributed by atoms with Crippen LogP contribution in [0.4, 0.5) is 5.69 Å². The third-order valence-electron chi connectivity index (χ3n) is 3.25. The van der Waals surface area contributed by atoms with Crippen molar-refractivity contribution in [2.75, 3.05) is 11.4 Å². The zero-order chi connectivity index (χ0) is 18.1. The van der Waals surface area contributed by atoms with Gasteiger partial charge in [0.2, 0.25) is 0 Å². The lowest BCUT2D eigenvalue weighted by Crippen LogP contribution is -2.46. The number of nitrogens with zero attached hydrogens (tertiary/aromatic N) is 1. The van der Waals surface area contributed by atoms with Crippen LogP contribution in [0, 0.1) is 0 Å². The number of ether oxygens (including phenoxy) is 1. The van der Waals surface area contributed by atoms with E-state index in [2.05, 4.69) is 0 Å². The van der Waals surface area contributed by atoms with Crippen LogP contribution >= 0.6 is 11.3 Å². The Morgan fingerprint density at radius 3 is 2.38 bits per heavy atom. The molecule has 6 nitrogen and oxygen atoms in total. The zero-order valence-electron chi connectivity index (χ0n) is 13.8. The predicted octanol–water partition coefficient (Wildman–Crippen LogP) is 3.45. The molecular formula is C16H19NO5S2. The van der Waals surface area contributed by atoms with Gasteiger partial charge < -0.3 is 9.84 Å². The molecule has 0 fully saturated rings. The van der Waals surface area contributed by atoms with Gasteiger partial charge in [-0.3, -0.25) is 4.31 Å². The third kappa shape index (κ3) is 3.25. The quantitative estimate of drug-likeness (QED) is 0.873. The van der Waals surface area contributed by atoms with E-state index in [0.717, 1.165) is 15.6 Å². The number of rotatable bonds is 5. The summed E-state index contributed by atoms with van der Waals surface area (Å²) in [5.41, 5.74) is -0.726. The van der Waals surface area contributed by atoms with Crippen LogP contribution in [0.3, 0.4) is 0 Å². The highest BCUT2D eigenvalue weighted by molar-refractivity contribution is 7.93. The molecule has 2 rings (SSSR count). The van der Waals surface area contributed by atoms with Gasteiger partial charge >= 0.3 is 5.97 Å². The van der Waals surface area contributed by atoms with Crippen molar-refractivity contribution in [2.24, 2.45) is 0 Å². The Morgan fingerprint density at radius 1 is 1.21 bits per heavy atom. The molecule has 0 aliphatic rings. The molecule has 0 aliphatic heterocycles. The van der Waals surface area contributed by atoms with Crippen molar-refractivity contribution in [1.82, 2.24) is 0 Å². The first kappa shape index (κ1) is 18.3. The van der Waals surface area contributed by atoms with Crippen molar-refractivity contribution in [3.8, 4) is 5.75 Å². The summed E-state index contributed by atoms with van der Waals surface area (Å²) in [5.74, 6) is -0.955. The Labute approximate surface area is 145 Å². The number of carbonyl (C=O) groups is 1. The summed E-state index contributed by atoms with van der Waals surface area (Å²) in [6.45, 7) is 5.13. The monoisotopic (exact) mass is 369 g/mol. The van der Waals surface area contributed by atoms with Crippen molar-refractivity contribution in [2.45, 2.75) is 31.2 Å². The van der Waals surface area contributed by atoms with Crippen LogP contribution in [0.1, 0.15) is 30.4 Å². The van der Waals surface area contributed by atoms with Gasteiger partial charge in [0.1, 0.15) is 15.5 Å². The molecule has 0 spiro atoms. The largest absolute Gasteiger partial charge is 0.495 e.